The van der Waals surface area contributed by atoms with E-state index in [1.165, 1.54) is 23.7 Å². The molecule has 1 aliphatic heterocycles. The van der Waals surface area contributed by atoms with E-state index in [4.69, 9.17) is 9.47 Å². The molecule has 0 saturated carbocycles. The van der Waals surface area contributed by atoms with Crippen molar-refractivity contribution in [2.24, 2.45) is 13.0 Å². The van der Waals surface area contributed by atoms with Crippen LogP contribution in [-0.2, 0) is 29.7 Å². The number of aryl methyl sites for hydroxylation is 1. The summed E-state index contributed by atoms with van der Waals surface area (Å²) in [5.74, 6) is 0.782. The number of carbonyl (C=O) groups is 1. The highest BCUT2D eigenvalue weighted by Crippen LogP contribution is 2.27. The molecule has 2 heterocycles. The van der Waals surface area contributed by atoms with Gasteiger partial charge in [0, 0.05) is 43.3 Å². The summed E-state index contributed by atoms with van der Waals surface area (Å²) in [6, 6.07) is 18.6. The highest BCUT2D eigenvalue weighted by Gasteiger charge is 2.33. The topological polar surface area (TPSA) is 43.7 Å². The molecule has 0 unspecified atom stereocenters. The summed E-state index contributed by atoms with van der Waals surface area (Å²) >= 11 is 0. The Kier molecular flexibility index (Phi) is 4.86. The van der Waals surface area contributed by atoms with Crippen molar-refractivity contribution in [2.45, 2.75) is 13.2 Å². The molecule has 0 atom stereocenters. The van der Waals surface area contributed by atoms with Crippen molar-refractivity contribution in [2.75, 3.05) is 20.2 Å². The maximum atomic E-state index is 11.5. The van der Waals surface area contributed by atoms with Gasteiger partial charge in [-0.25, -0.2) is 0 Å². The molecule has 3 aromatic rings. The maximum absolute atomic E-state index is 11.5. The van der Waals surface area contributed by atoms with Gasteiger partial charge in [-0.15, -0.1) is 0 Å². The summed E-state index contributed by atoms with van der Waals surface area (Å²) in [7, 11) is 3.53. The molecule has 140 valence electrons. The number of carbonyl (C=O) groups excluding carboxylic acids is 1. The average Bonchev–Trinajstić information content (AvgIpc) is 2.98. The Hall–Kier alpha value is -2.79. The molecular formula is C22H24N2O3. The predicted molar refractivity (Wildman–Crippen MR) is 104 cm³/mol. The lowest BCUT2D eigenvalue weighted by Gasteiger charge is -2.37. The fourth-order valence-electron chi connectivity index (χ4n) is 3.61. The summed E-state index contributed by atoms with van der Waals surface area (Å²) in [6.45, 7) is 2.92. The Bertz CT molecular complexity index is 943. The van der Waals surface area contributed by atoms with Gasteiger partial charge in [0.2, 0.25) is 0 Å². The molecule has 1 aromatic heterocycles. The lowest BCUT2D eigenvalue weighted by atomic mass is 10.0. The molecule has 1 saturated heterocycles. The Balaban J connectivity index is 1.43. The minimum absolute atomic E-state index is 0.0164. The van der Waals surface area contributed by atoms with Crippen LogP contribution in [0.1, 0.15) is 11.3 Å². The average molecular weight is 364 g/mol. The summed E-state index contributed by atoms with van der Waals surface area (Å²) in [4.78, 5) is 13.8. The van der Waals surface area contributed by atoms with Crippen LogP contribution >= 0.6 is 0 Å². The van der Waals surface area contributed by atoms with Crippen molar-refractivity contribution in [3.63, 3.8) is 0 Å². The molecule has 0 spiro atoms. The third-order valence-electron chi connectivity index (χ3n) is 5.24. The van der Waals surface area contributed by atoms with Gasteiger partial charge in [0.1, 0.15) is 12.4 Å². The van der Waals surface area contributed by atoms with Crippen molar-refractivity contribution < 1.29 is 14.3 Å². The molecule has 0 aliphatic carbocycles. The third-order valence-corrected chi connectivity index (χ3v) is 5.24. The largest absolute Gasteiger partial charge is 0.489 e. The fourth-order valence-corrected chi connectivity index (χ4v) is 3.61. The van der Waals surface area contributed by atoms with Crippen LogP contribution in [0.15, 0.2) is 54.6 Å². The van der Waals surface area contributed by atoms with Crippen molar-refractivity contribution in [1.82, 2.24) is 9.47 Å². The monoisotopic (exact) mass is 364 g/mol. The first-order chi connectivity index (χ1) is 13.1. The molecule has 0 bridgehead atoms. The van der Waals surface area contributed by atoms with Gasteiger partial charge < -0.3 is 14.0 Å². The quantitative estimate of drug-likeness (QED) is 0.629. The van der Waals surface area contributed by atoms with Gasteiger partial charge in [-0.1, -0.05) is 30.3 Å². The van der Waals surface area contributed by atoms with Crippen molar-refractivity contribution in [3.05, 3.63) is 65.9 Å². The molecule has 27 heavy (non-hydrogen) atoms. The zero-order valence-electron chi connectivity index (χ0n) is 15.7. The molecule has 1 fully saturated rings. The van der Waals surface area contributed by atoms with Gasteiger partial charge in [0.15, 0.2) is 0 Å². The van der Waals surface area contributed by atoms with Crippen molar-refractivity contribution >= 4 is 16.9 Å². The molecule has 4 rings (SSSR count). The van der Waals surface area contributed by atoms with E-state index in [0.29, 0.717) is 6.61 Å². The van der Waals surface area contributed by atoms with Crippen LogP contribution in [0.3, 0.4) is 0 Å². The fraction of sp³-hybridized carbons (Fsp3) is 0.318. The van der Waals surface area contributed by atoms with Gasteiger partial charge in [-0.05, 0) is 29.8 Å². The summed E-state index contributed by atoms with van der Waals surface area (Å²) in [5.41, 5.74) is 3.57. The van der Waals surface area contributed by atoms with Crippen molar-refractivity contribution in [1.29, 1.82) is 0 Å². The highest BCUT2D eigenvalue weighted by atomic mass is 16.5. The van der Waals surface area contributed by atoms with Crippen LogP contribution in [0, 0.1) is 5.92 Å². The number of likely N-dealkylation sites (tertiary alicyclic amines) is 1. The lowest BCUT2D eigenvalue weighted by Crippen LogP contribution is -2.50. The summed E-state index contributed by atoms with van der Waals surface area (Å²) in [5, 5.41) is 1.17. The first-order valence-corrected chi connectivity index (χ1v) is 9.19. The second kappa shape index (κ2) is 7.45. The normalized spacial score (nSPS) is 14.9. The molecule has 0 amide bonds. The summed E-state index contributed by atoms with van der Waals surface area (Å²) in [6.07, 6.45) is 0. The number of methoxy groups -OCH3 is 1. The van der Waals surface area contributed by atoms with E-state index < -0.39 is 0 Å². The van der Waals surface area contributed by atoms with Crippen LogP contribution < -0.4 is 4.74 Å². The Morgan fingerprint density at radius 2 is 1.89 bits per heavy atom. The van der Waals surface area contributed by atoms with E-state index in [9.17, 15) is 4.79 Å². The number of rotatable bonds is 6. The highest BCUT2D eigenvalue weighted by molar-refractivity contribution is 5.82. The standard InChI is InChI=1S/C22H24N2O3/c1-23-19(14-24-12-18(13-24)22(25)26-2)10-17-11-20(8-9-21(17)23)27-15-16-6-4-3-5-7-16/h3-11,18H,12-15H2,1-2H3. The second-order valence-corrected chi connectivity index (χ2v) is 7.10. The summed E-state index contributed by atoms with van der Waals surface area (Å²) < 4.78 is 13.0. The van der Waals surface area contributed by atoms with E-state index in [-0.39, 0.29) is 11.9 Å². The first-order valence-electron chi connectivity index (χ1n) is 9.19. The third kappa shape index (κ3) is 3.69. The number of hydrogen-bond donors (Lipinski definition) is 0. The zero-order chi connectivity index (χ0) is 18.8. The first kappa shape index (κ1) is 17.6. The van der Waals surface area contributed by atoms with Crippen LogP contribution in [0.4, 0.5) is 0 Å². The van der Waals surface area contributed by atoms with E-state index in [0.717, 1.165) is 30.9 Å². The van der Waals surface area contributed by atoms with E-state index in [2.05, 4.69) is 46.8 Å². The Morgan fingerprint density at radius 3 is 2.63 bits per heavy atom. The van der Waals surface area contributed by atoms with Crippen LogP contribution in [0.5, 0.6) is 5.75 Å². The minimum atomic E-state index is -0.108. The Labute approximate surface area is 159 Å². The number of nitrogens with zero attached hydrogens (tertiary/aromatic N) is 2. The molecule has 5 heteroatoms. The van der Waals surface area contributed by atoms with Crippen LogP contribution in [-0.4, -0.2) is 35.6 Å². The molecular weight excluding hydrogens is 340 g/mol. The molecule has 2 aromatic carbocycles. The SMILES string of the molecule is COC(=O)C1CN(Cc2cc3cc(OCc4ccccc4)ccc3n2C)C1. The van der Waals surface area contributed by atoms with E-state index in [1.807, 2.05) is 24.3 Å². The second-order valence-electron chi connectivity index (χ2n) is 7.10. The van der Waals surface area contributed by atoms with Gasteiger partial charge >= 0.3 is 5.97 Å². The van der Waals surface area contributed by atoms with E-state index >= 15 is 0 Å². The van der Waals surface area contributed by atoms with Gasteiger partial charge in [0.05, 0.1) is 13.0 Å². The number of esters is 1. The van der Waals surface area contributed by atoms with Gasteiger partial charge in [-0.2, -0.15) is 0 Å². The lowest BCUT2D eigenvalue weighted by molar-refractivity contribution is -0.151. The molecule has 0 radical (unpaired) electrons. The number of ether oxygens (including phenoxy) is 2. The number of aromatic nitrogens is 1. The Morgan fingerprint density at radius 1 is 1.11 bits per heavy atom. The maximum Gasteiger partial charge on any atom is 0.311 e. The smallest absolute Gasteiger partial charge is 0.311 e. The van der Waals surface area contributed by atoms with Crippen LogP contribution in [0.2, 0.25) is 0 Å². The molecule has 5 nitrogen and oxygen atoms in total. The predicted octanol–water partition coefficient (Wildman–Crippen LogP) is 3.36. The van der Waals surface area contributed by atoms with E-state index in [1.54, 1.807) is 0 Å². The van der Waals surface area contributed by atoms with Gasteiger partial charge in [0.25, 0.3) is 0 Å². The van der Waals surface area contributed by atoms with Crippen molar-refractivity contribution in [3.8, 4) is 5.75 Å². The zero-order valence-corrected chi connectivity index (χ0v) is 15.7. The minimum Gasteiger partial charge on any atom is -0.489 e. The van der Waals surface area contributed by atoms with Gasteiger partial charge in [-0.3, -0.25) is 9.69 Å². The molecule has 1 aliphatic rings. The number of fused-ring (bicyclic) bond motifs is 1. The van der Waals surface area contributed by atoms with Crippen LogP contribution in [0.25, 0.3) is 10.9 Å². The molecule has 0 N–H and O–H groups in total. The number of benzene rings is 2. The number of hydrogen-bond acceptors (Lipinski definition) is 4.